The second kappa shape index (κ2) is 8.72. The van der Waals surface area contributed by atoms with Crippen molar-refractivity contribution in [3.8, 4) is 5.75 Å². The Labute approximate surface area is 141 Å². The third-order valence-corrected chi connectivity index (χ3v) is 3.57. The first-order chi connectivity index (χ1) is 11.6. The van der Waals surface area contributed by atoms with Crippen molar-refractivity contribution in [2.75, 3.05) is 6.61 Å². The second-order valence-corrected chi connectivity index (χ2v) is 5.36. The molecule has 2 N–H and O–H groups in total. The van der Waals surface area contributed by atoms with Gasteiger partial charge < -0.3 is 15.2 Å². The summed E-state index contributed by atoms with van der Waals surface area (Å²) in [5.74, 6) is -0.168. The fourth-order valence-corrected chi connectivity index (χ4v) is 2.23. The van der Waals surface area contributed by atoms with E-state index in [1.165, 1.54) is 0 Å². The molecule has 0 saturated heterocycles. The molecule has 5 heteroatoms. The van der Waals surface area contributed by atoms with Crippen LogP contribution in [0.15, 0.2) is 48.5 Å². The maximum absolute atomic E-state index is 11.9. The minimum Gasteiger partial charge on any atom is -0.494 e. The molecule has 0 aliphatic heterocycles. The molecule has 5 nitrogen and oxygen atoms in total. The zero-order chi connectivity index (χ0) is 17.4. The molecule has 0 aliphatic rings. The zero-order valence-corrected chi connectivity index (χ0v) is 13.6. The van der Waals surface area contributed by atoms with Crippen LogP contribution < -0.4 is 10.1 Å². The average molecular weight is 327 g/mol. The van der Waals surface area contributed by atoms with Crippen molar-refractivity contribution in [2.24, 2.45) is 0 Å². The Morgan fingerprint density at radius 2 is 1.62 bits per heavy atom. The third kappa shape index (κ3) is 5.43. The van der Waals surface area contributed by atoms with Crippen molar-refractivity contribution in [1.82, 2.24) is 5.32 Å². The van der Waals surface area contributed by atoms with Gasteiger partial charge in [0.25, 0.3) is 0 Å². The van der Waals surface area contributed by atoms with Gasteiger partial charge in [-0.1, -0.05) is 24.3 Å². The normalized spacial score (nSPS) is 10.2. The summed E-state index contributed by atoms with van der Waals surface area (Å²) >= 11 is 0. The van der Waals surface area contributed by atoms with Crippen LogP contribution in [0, 0.1) is 0 Å². The lowest BCUT2D eigenvalue weighted by Crippen LogP contribution is -2.22. The lowest BCUT2D eigenvalue weighted by Gasteiger charge is -2.07. The van der Waals surface area contributed by atoms with Crippen molar-refractivity contribution in [1.29, 1.82) is 0 Å². The quantitative estimate of drug-likeness (QED) is 0.781. The highest BCUT2D eigenvalue weighted by Gasteiger charge is 2.05. The molecule has 0 bridgehead atoms. The van der Waals surface area contributed by atoms with Crippen molar-refractivity contribution in [3.63, 3.8) is 0 Å². The number of amides is 1. The van der Waals surface area contributed by atoms with Crippen LogP contribution >= 0.6 is 0 Å². The Hall–Kier alpha value is -2.82. The first-order valence-corrected chi connectivity index (χ1v) is 7.89. The van der Waals surface area contributed by atoms with E-state index in [0.29, 0.717) is 26.0 Å². The van der Waals surface area contributed by atoms with Crippen LogP contribution in [0.4, 0.5) is 0 Å². The van der Waals surface area contributed by atoms with Crippen LogP contribution in [0.1, 0.15) is 34.8 Å². The van der Waals surface area contributed by atoms with E-state index < -0.39 is 5.97 Å². The highest BCUT2D eigenvalue weighted by molar-refractivity contribution is 5.87. The number of aryl methyl sites for hydroxylation is 1. The predicted molar refractivity (Wildman–Crippen MR) is 91.2 cm³/mol. The van der Waals surface area contributed by atoms with Gasteiger partial charge in [-0.15, -0.1) is 0 Å². The van der Waals surface area contributed by atoms with Gasteiger partial charge in [-0.3, -0.25) is 4.79 Å². The number of rotatable bonds is 8. The summed E-state index contributed by atoms with van der Waals surface area (Å²) in [5.41, 5.74) is 2.20. The molecular formula is C19H21NO4. The molecule has 0 spiro atoms. The Kier molecular flexibility index (Phi) is 6.37. The smallest absolute Gasteiger partial charge is 0.335 e. The molecule has 0 radical (unpaired) electrons. The van der Waals surface area contributed by atoms with Gasteiger partial charge in [0, 0.05) is 13.0 Å². The van der Waals surface area contributed by atoms with Gasteiger partial charge in [-0.05, 0) is 48.7 Å². The molecule has 2 aromatic carbocycles. The van der Waals surface area contributed by atoms with E-state index in [4.69, 9.17) is 9.84 Å². The number of ether oxygens (including phenoxy) is 1. The van der Waals surface area contributed by atoms with Gasteiger partial charge in [-0.25, -0.2) is 4.79 Å². The van der Waals surface area contributed by atoms with Crippen LogP contribution in [-0.2, 0) is 17.8 Å². The molecular weight excluding hydrogens is 306 g/mol. The fourth-order valence-electron chi connectivity index (χ4n) is 2.23. The van der Waals surface area contributed by atoms with Crippen LogP contribution in [0.2, 0.25) is 0 Å². The van der Waals surface area contributed by atoms with E-state index in [-0.39, 0.29) is 11.5 Å². The third-order valence-electron chi connectivity index (χ3n) is 3.57. The van der Waals surface area contributed by atoms with E-state index in [9.17, 15) is 9.59 Å². The Morgan fingerprint density at radius 1 is 1.00 bits per heavy atom. The van der Waals surface area contributed by atoms with Gasteiger partial charge in [0.05, 0.1) is 12.2 Å². The number of benzene rings is 2. The van der Waals surface area contributed by atoms with Crippen LogP contribution in [0.5, 0.6) is 5.75 Å². The summed E-state index contributed by atoms with van der Waals surface area (Å²) < 4.78 is 5.37. The number of aromatic carboxylic acids is 1. The minimum atomic E-state index is -0.949. The van der Waals surface area contributed by atoms with Crippen LogP contribution in [-0.4, -0.2) is 23.6 Å². The standard InChI is InChI=1S/C19H21NO4/c1-2-24-17-10-5-15(6-11-17)13-20-18(21)12-7-14-3-8-16(9-4-14)19(22)23/h3-6,8-11H,2,7,12-13H2,1H3,(H,20,21)(H,22,23). The maximum Gasteiger partial charge on any atom is 0.335 e. The second-order valence-electron chi connectivity index (χ2n) is 5.36. The summed E-state index contributed by atoms with van der Waals surface area (Å²) in [6.45, 7) is 3.04. The summed E-state index contributed by atoms with van der Waals surface area (Å²) in [4.78, 5) is 22.7. The van der Waals surface area contributed by atoms with Gasteiger partial charge in [0.2, 0.25) is 5.91 Å². The van der Waals surface area contributed by atoms with E-state index in [0.717, 1.165) is 16.9 Å². The van der Waals surface area contributed by atoms with Gasteiger partial charge in [-0.2, -0.15) is 0 Å². The molecule has 0 aliphatic carbocycles. The Morgan fingerprint density at radius 3 is 2.21 bits per heavy atom. The molecule has 2 rings (SSSR count). The SMILES string of the molecule is CCOc1ccc(CNC(=O)CCc2ccc(C(=O)O)cc2)cc1. The number of carbonyl (C=O) groups is 2. The van der Waals surface area contributed by atoms with E-state index in [2.05, 4.69) is 5.32 Å². The molecule has 0 atom stereocenters. The summed E-state index contributed by atoms with van der Waals surface area (Å²) in [6.07, 6.45) is 0.943. The Bertz CT molecular complexity index is 678. The van der Waals surface area contributed by atoms with Crippen LogP contribution in [0.3, 0.4) is 0 Å². The predicted octanol–water partition coefficient (Wildman–Crippen LogP) is 3.03. The molecule has 0 saturated carbocycles. The largest absolute Gasteiger partial charge is 0.494 e. The van der Waals surface area contributed by atoms with Gasteiger partial charge in [0.1, 0.15) is 5.75 Å². The van der Waals surface area contributed by atoms with Crippen molar-refractivity contribution >= 4 is 11.9 Å². The number of hydrogen-bond acceptors (Lipinski definition) is 3. The van der Waals surface area contributed by atoms with E-state index in [1.807, 2.05) is 31.2 Å². The molecule has 126 valence electrons. The molecule has 2 aromatic rings. The average Bonchev–Trinajstić information content (AvgIpc) is 2.60. The highest BCUT2D eigenvalue weighted by atomic mass is 16.5. The summed E-state index contributed by atoms with van der Waals surface area (Å²) in [7, 11) is 0. The first-order valence-electron chi connectivity index (χ1n) is 7.89. The topological polar surface area (TPSA) is 75.6 Å². The van der Waals surface area contributed by atoms with Crippen molar-refractivity contribution < 1.29 is 19.4 Å². The lowest BCUT2D eigenvalue weighted by molar-refractivity contribution is -0.121. The fraction of sp³-hybridized carbons (Fsp3) is 0.263. The zero-order valence-electron chi connectivity index (χ0n) is 13.6. The highest BCUT2D eigenvalue weighted by Crippen LogP contribution is 2.12. The summed E-state index contributed by atoms with van der Waals surface area (Å²) in [5, 5.41) is 11.7. The molecule has 1 amide bonds. The van der Waals surface area contributed by atoms with Crippen molar-refractivity contribution in [2.45, 2.75) is 26.3 Å². The number of carboxylic acids is 1. The van der Waals surface area contributed by atoms with Gasteiger partial charge in [0.15, 0.2) is 0 Å². The van der Waals surface area contributed by atoms with E-state index in [1.54, 1.807) is 24.3 Å². The molecule has 0 unspecified atom stereocenters. The van der Waals surface area contributed by atoms with Gasteiger partial charge >= 0.3 is 5.97 Å². The molecule has 0 heterocycles. The molecule has 24 heavy (non-hydrogen) atoms. The Balaban J connectivity index is 1.75. The number of nitrogens with one attached hydrogen (secondary N) is 1. The summed E-state index contributed by atoms with van der Waals surface area (Å²) in [6, 6.07) is 14.2. The number of carboxylic acid groups (broad SMARTS) is 1. The minimum absolute atomic E-state index is 0.0359. The number of carbonyl (C=O) groups excluding carboxylic acids is 1. The maximum atomic E-state index is 11.9. The van der Waals surface area contributed by atoms with Crippen LogP contribution in [0.25, 0.3) is 0 Å². The molecule has 0 aromatic heterocycles. The first kappa shape index (κ1) is 17.5. The van der Waals surface area contributed by atoms with E-state index >= 15 is 0 Å². The number of hydrogen-bond donors (Lipinski definition) is 2. The monoisotopic (exact) mass is 327 g/mol. The van der Waals surface area contributed by atoms with Crippen molar-refractivity contribution in [3.05, 3.63) is 65.2 Å². The molecule has 0 fully saturated rings. The lowest BCUT2D eigenvalue weighted by atomic mass is 10.1.